The topological polar surface area (TPSA) is 45.3 Å². The maximum atomic E-state index is 12.2. The molecule has 2 heterocycles. The van der Waals surface area contributed by atoms with Gasteiger partial charge in [-0.05, 0) is 37.0 Å². The number of benzene rings is 1. The first-order valence-corrected chi connectivity index (χ1v) is 8.66. The minimum absolute atomic E-state index is 0.0620. The number of nitrogens with zero attached hydrogens (tertiary/aromatic N) is 1. The summed E-state index contributed by atoms with van der Waals surface area (Å²) in [5.74, 6) is 0.216. The van der Waals surface area contributed by atoms with Crippen LogP contribution in [0.15, 0.2) is 30.9 Å². The van der Waals surface area contributed by atoms with Gasteiger partial charge < -0.3 is 9.72 Å². The van der Waals surface area contributed by atoms with Crippen molar-refractivity contribution < 1.29 is 9.53 Å². The number of aryl methyl sites for hydroxylation is 1. The monoisotopic (exact) mass is 324 g/mol. The molecule has 1 saturated heterocycles. The van der Waals surface area contributed by atoms with E-state index in [-0.39, 0.29) is 11.9 Å². The van der Waals surface area contributed by atoms with Gasteiger partial charge in [0.1, 0.15) is 0 Å². The molecule has 0 spiro atoms. The third-order valence-corrected chi connectivity index (χ3v) is 5.81. The standard InChI is InChI=1S/C20H24N2O2/c1-4-8-22-11-13(20(23)24-3)9-16-14-6-5-7-17-19(14)15(10-18(16)22)12(2)21-17/h4-7,13,16,18,21H,1,8-11H2,2-3H3/t13-,16?,18+/m0/s1. The van der Waals surface area contributed by atoms with Crippen LogP contribution in [0.2, 0.25) is 0 Å². The summed E-state index contributed by atoms with van der Waals surface area (Å²) in [6.45, 7) is 7.64. The number of carbonyl (C=O) groups excluding carboxylic acids is 1. The molecule has 2 aromatic rings. The Morgan fingerprint density at radius 1 is 1.50 bits per heavy atom. The predicted octanol–water partition coefficient (Wildman–Crippen LogP) is 3.17. The van der Waals surface area contributed by atoms with E-state index in [9.17, 15) is 4.79 Å². The van der Waals surface area contributed by atoms with Crippen molar-refractivity contribution in [2.75, 3.05) is 20.2 Å². The molecule has 4 heteroatoms. The summed E-state index contributed by atoms with van der Waals surface area (Å²) in [5.41, 5.74) is 5.30. The SMILES string of the molecule is C=CCN1C[C@@H](C(=O)OC)CC2c3cccc4[nH]c(C)c(c34)C[C@H]21. The molecule has 24 heavy (non-hydrogen) atoms. The zero-order valence-corrected chi connectivity index (χ0v) is 14.3. The van der Waals surface area contributed by atoms with Crippen molar-refractivity contribution in [1.82, 2.24) is 9.88 Å². The number of piperidine rings is 1. The largest absolute Gasteiger partial charge is 0.469 e. The molecule has 126 valence electrons. The Morgan fingerprint density at radius 2 is 2.33 bits per heavy atom. The summed E-state index contributed by atoms with van der Waals surface area (Å²) >= 11 is 0. The van der Waals surface area contributed by atoms with E-state index in [0.29, 0.717) is 12.0 Å². The minimum Gasteiger partial charge on any atom is -0.469 e. The van der Waals surface area contributed by atoms with Gasteiger partial charge >= 0.3 is 5.97 Å². The number of nitrogens with one attached hydrogen (secondary N) is 1. The lowest BCUT2D eigenvalue weighted by Gasteiger charge is -2.46. The van der Waals surface area contributed by atoms with Crippen LogP contribution in [0.1, 0.15) is 29.2 Å². The lowest BCUT2D eigenvalue weighted by atomic mass is 9.72. The summed E-state index contributed by atoms with van der Waals surface area (Å²) in [4.78, 5) is 18.1. The van der Waals surface area contributed by atoms with Crippen molar-refractivity contribution in [3.8, 4) is 0 Å². The number of likely N-dealkylation sites (tertiary alicyclic amines) is 1. The van der Waals surface area contributed by atoms with Gasteiger partial charge in [0.2, 0.25) is 0 Å². The van der Waals surface area contributed by atoms with Crippen LogP contribution in [0.25, 0.3) is 10.9 Å². The fourth-order valence-electron chi connectivity index (χ4n) is 4.78. The minimum atomic E-state index is -0.0919. The highest BCUT2D eigenvalue weighted by atomic mass is 16.5. The van der Waals surface area contributed by atoms with Crippen molar-refractivity contribution in [1.29, 1.82) is 0 Å². The van der Waals surface area contributed by atoms with E-state index in [1.165, 1.54) is 34.8 Å². The Hall–Kier alpha value is -2.07. The number of ether oxygens (including phenoxy) is 1. The number of aromatic amines is 1. The van der Waals surface area contributed by atoms with E-state index in [0.717, 1.165) is 25.9 Å². The van der Waals surface area contributed by atoms with Crippen molar-refractivity contribution in [3.05, 3.63) is 47.7 Å². The van der Waals surface area contributed by atoms with Crippen molar-refractivity contribution >= 4 is 16.9 Å². The Labute approximate surface area is 142 Å². The number of aromatic nitrogens is 1. The zero-order valence-electron chi connectivity index (χ0n) is 14.3. The summed E-state index contributed by atoms with van der Waals surface area (Å²) < 4.78 is 5.05. The molecule has 4 rings (SSSR count). The zero-order chi connectivity index (χ0) is 16.8. The van der Waals surface area contributed by atoms with Crippen LogP contribution in [0.3, 0.4) is 0 Å². The molecule has 2 aliphatic rings. The molecule has 0 amide bonds. The molecular weight excluding hydrogens is 300 g/mol. The number of hydrogen-bond acceptors (Lipinski definition) is 3. The predicted molar refractivity (Wildman–Crippen MR) is 95.2 cm³/mol. The van der Waals surface area contributed by atoms with Gasteiger partial charge in [-0.2, -0.15) is 0 Å². The molecular formula is C20H24N2O2. The molecule has 1 N–H and O–H groups in total. The summed E-state index contributed by atoms with van der Waals surface area (Å²) in [7, 11) is 1.49. The van der Waals surface area contributed by atoms with E-state index < -0.39 is 0 Å². The molecule has 0 radical (unpaired) electrons. The van der Waals surface area contributed by atoms with E-state index in [1.54, 1.807) is 0 Å². The Balaban J connectivity index is 1.82. The van der Waals surface area contributed by atoms with Gasteiger partial charge in [0.25, 0.3) is 0 Å². The number of hydrogen-bond donors (Lipinski definition) is 1. The Bertz CT molecular complexity index is 807. The molecule has 1 aromatic heterocycles. The van der Waals surface area contributed by atoms with E-state index in [4.69, 9.17) is 4.74 Å². The highest BCUT2D eigenvalue weighted by Gasteiger charge is 2.43. The number of rotatable bonds is 3. The average molecular weight is 324 g/mol. The van der Waals surface area contributed by atoms with Crippen LogP contribution in [0.5, 0.6) is 0 Å². The maximum Gasteiger partial charge on any atom is 0.309 e. The fraction of sp³-hybridized carbons (Fsp3) is 0.450. The highest BCUT2D eigenvalue weighted by Crippen LogP contribution is 2.45. The summed E-state index contributed by atoms with van der Waals surface area (Å²) in [5, 5.41) is 1.38. The average Bonchev–Trinajstić information content (AvgIpc) is 2.92. The second kappa shape index (κ2) is 5.78. The first kappa shape index (κ1) is 15.5. The number of methoxy groups -OCH3 is 1. The quantitative estimate of drug-likeness (QED) is 0.697. The van der Waals surface area contributed by atoms with Crippen LogP contribution >= 0.6 is 0 Å². The van der Waals surface area contributed by atoms with Gasteiger partial charge in [-0.15, -0.1) is 6.58 Å². The first-order valence-electron chi connectivity index (χ1n) is 8.66. The van der Waals surface area contributed by atoms with Crippen molar-refractivity contribution in [2.45, 2.75) is 31.7 Å². The van der Waals surface area contributed by atoms with E-state index in [2.05, 4.69) is 41.6 Å². The van der Waals surface area contributed by atoms with Gasteiger partial charge in [-0.1, -0.05) is 18.2 Å². The maximum absolute atomic E-state index is 12.2. The molecule has 1 aliphatic carbocycles. The number of esters is 1. The second-order valence-corrected chi connectivity index (χ2v) is 7.07. The number of H-pyrrole nitrogens is 1. The molecule has 1 aliphatic heterocycles. The molecule has 0 saturated carbocycles. The van der Waals surface area contributed by atoms with Gasteiger partial charge in [0.15, 0.2) is 0 Å². The van der Waals surface area contributed by atoms with Crippen LogP contribution in [0.4, 0.5) is 0 Å². The van der Waals surface area contributed by atoms with Crippen LogP contribution in [-0.4, -0.2) is 42.1 Å². The summed E-state index contributed by atoms with van der Waals surface area (Å²) in [6, 6.07) is 6.94. The van der Waals surface area contributed by atoms with Crippen LogP contribution in [0, 0.1) is 12.8 Å². The highest BCUT2D eigenvalue weighted by molar-refractivity contribution is 5.89. The third-order valence-electron chi connectivity index (χ3n) is 5.81. The molecule has 3 atom stereocenters. The van der Waals surface area contributed by atoms with E-state index in [1.807, 2.05) is 6.08 Å². The second-order valence-electron chi connectivity index (χ2n) is 7.07. The third kappa shape index (κ3) is 2.20. The molecule has 0 bridgehead atoms. The van der Waals surface area contributed by atoms with E-state index >= 15 is 0 Å². The number of carbonyl (C=O) groups is 1. The van der Waals surface area contributed by atoms with Crippen molar-refractivity contribution in [3.63, 3.8) is 0 Å². The molecule has 4 nitrogen and oxygen atoms in total. The first-order chi connectivity index (χ1) is 11.6. The summed E-state index contributed by atoms with van der Waals surface area (Å²) in [6.07, 6.45) is 3.85. The Morgan fingerprint density at radius 3 is 3.08 bits per heavy atom. The number of fused-ring (bicyclic) bond motifs is 2. The van der Waals surface area contributed by atoms with Gasteiger partial charge in [-0.25, -0.2) is 0 Å². The van der Waals surface area contributed by atoms with Gasteiger partial charge in [0, 0.05) is 41.6 Å². The molecule has 1 aromatic carbocycles. The Kier molecular flexibility index (Phi) is 3.72. The smallest absolute Gasteiger partial charge is 0.309 e. The molecule has 1 unspecified atom stereocenters. The lowest BCUT2D eigenvalue weighted by Crippen LogP contribution is -2.51. The normalized spacial score (nSPS) is 26.2. The van der Waals surface area contributed by atoms with Gasteiger partial charge in [-0.3, -0.25) is 9.69 Å². The van der Waals surface area contributed by atoms with Gasteiger partial charge in [0.05, 0.1) is 13.0 Å². The van der Waals surface area contributed by atoms with Crippen LogP contribution in [-0.2, 0) is 16.0 Å². The van der Waals surface area contributed by atoms with Crippen molar-refractivity contribution in [2.24, 2.45) is 5.92 Å². The lowest BCUT2D eigenvalue weighted by molar-refractivity contribution is -0.148. The molecule has 1 fully saturated rings. The fourth-order valence-corrected chi connectivity index (χ4v) is 4.78. The van der Waals surface area contributed by atoms with Crippen LogP contribution < -0.4 is 0 Å².